The van der Waals surface area contributed by atoms with Gasteiger partial charge < -0.3 is 15.2 Å². The lowest BCUT2D eigenvalue weighted by Gasteiger charge is -2.33. The van der Waals surface area contributed by atoms with E-state index in [9.17, 15) is 4.79 Å². The van der Waals surface area contributed by atoms with Gasteiger partial charge in [-0.2, -0.15) is 0 Å². The van der Waals surface area contributed by atoms with Crippen molar-refractivity contribution in [2.75, 3.05) is 18.1 Å². The van der Waals surface area contributed by atoms with E-state index in [0.717, 1.165) is 29.0 Å². The molecular formula is C18H19ClN6O. The Labute approximate surface area is 155 Å². The fourth-order valence-electron chi connectivity index (χ4n) is 3.12. The summed E-state index contributed by atoms with van der Waals surface area (Å²) >= 11 is 5.88. The zero-order chi connectivity index (χ0) is 17.9. The number of halogens is 1. The fourth-order valence-corrected chi connectivity index (χ4v) is 3.24. The van der Waals surface area contributed by atoms with E-state index in [1.165, 1.54) is 0 Å². The number of rotatable bonds is 4. The van der Waals surface area contributed by atoms with Crippen molar-refractivity contribution in [2.45, 2.75) is 19.0 Å². The average Bonchev–Trinajstić information content (AvgIpc) is 3.16. The molecule has 3 N–H and O–H groups in total. The van der Waals surface area contributed by atoms with Crippen LogP contribution in [0, 0.1) is 0 Å². The molecular weight excluding hydrogens is 352 g/mol. The maximum atomic E-state index is 12.4. The molecule has 0 aliphatic carbocycles. The summed E-state index contributed by atoms with van der Waals surface area (Å²) in [6.07, 6.45) is 4.12. The molecule has 1 aliphatic heterocycles. The highest BCUT2D eigenvalue weighted by atomic mass is 35.5. The van der Waals surface area contributed by atoms with Crippen LogP contribution in [0.15, 0.2) is 42.9 Å². The van der Waals surface area contributed by atoms with Gasteiger partial charge in [0.25, 0.3) is 0 Å². The number of benzene rings is 1. The van der Waals surface area contributed by atoms with E-state index in [1.54, 1.807) is 6.33 Å². The summed E-state index contributed by atoms with van der Waals surface area (Å²) in [5.41, 5.74) is 1.84. The smallest absolute Gasteiger partial charge is 0.237 e. The second kappa shape index (κ2) is 7.31. The summed E-state index contributed by atoms with van der Waals surface area (Å²) < 4.78 is 0. The van der Waals surface area contributed by atoms with Crippen LogP contribution in [0.5, 0.6) is 0 Å². The predicted octanol–water partition coefficient (Wildman–Crippen LogP) is 2.05. The monoisotopic (exact) mass is 370 g/mol. The lowest BCUT2D eigenvalue weighted by Crippen LogP contribution is -2.54. The number of hydrogen-bond donors (Lipinski definition) is 3. The van der Waals surface area contributed by atoms with Crippen molar-refractivity contribution in [3.63, 3.8) is 0 Å². The molecule has 1 amide bonds. The van der Waals surface area contributed by atoms with E-state index >= 15 is 0 Å². The second-order valence-electron chi connectivity index (χ2n) is 6.25. The minimum Gasteiger partial charge on any atom is -0.351 e. The summed E-state index contributed by atoms with van der Waals surface area (Å²) in [5, 5.41) is 7.94. The molecule has 2 aromatic heterocycles. The summed E-state index contributed by atoms with van der Waals surface area (Å²) in [5.74, 6) is 0.887. The molecule has 0 saturated carbocycles. The Bertz CT molecular complexity index is 901. The lowest BCUT2D eigenvalue weighted by molar-refractivity contribution is -0.123. The highest BCUT2D eigenvalue weighted by molar-refractivity contribution is 6.30. The number of hydrogen-bond acceptors (Lipinski definition) is 5. The minimum absolute atomic E-state index is 0.00841. The molecule has 1 atom stereocenters. The fraction of sp³-hybridized carbons (Fsp3) is 0.278. The maximum absolute atomic E-state index is 12.4. The maximum Gasteiger partial charge on any atom is 0.237 e. The molecule has 1 saturated heterocycles. The first-order chi connectivity index (χ1) is 12.7. The van der Waals surface area contributed by atoms with Crippen molar-refractivity contribution in [1.29, 1.82) is 0 Å². The number of carbonyl (C=O) groups is 1. The first-order valence-corrected chi connectivity index (χ1v) is 8.87. The van der Waals surface area contributed by atoms with Crippen molar-refractivity contribution in [1.82, 2.24) is 25.6 Å². The van der Waals surface area contributed by atoms with Gasteiger partial charge in [-0.15, -0.1) is 0 Å². The third-order valence-corrected chi connectivity index (χ3v) is 4.80. The van der Waals surface area contributed by atoms with Crippen molar-refractivity contribution in [3.8, 4) is 0 Å². The summed E-state index contributed by atoms with van der Waals surface area (Å²) in [6, 6.07) is 9.23. The van der Waals surface area contributed by atoms with Crippen LogP contribution in [0.1, 0.15) is 12.0 Å². The Morgan fingerprint density at radius 1 is 1.27 bits per heavy atom. The second-order valence-corrected chi connectivity index (χ2v) is 6.68. The predicted molar refractivity (Wildman–Crippen MR) is 101 cm³/mol. The van der Waals surface area contributed by atoms with Crippen LogP contribution >= 0.6 is 11.6 Å². The van der Waals surface area contributed by atoms with Crippen LogP contribution in [0.2, 0.25) is 5.02 Å². The van der Waals surface area contributed by atoms with E-state index in [-0.39, 0.29) is 11.9 Å². The Morgan fingerprint density at radius 2 is 2.12 bits per heavy atom. The third kappa shape index (κ3) is 3.49. The van der Waals surface area contributed by atoms with Gasteiger partial charge in [-0.1, -0.05) is 23.7 Å². The molecule has 134 valence electrons. The molecule has 26 heavy (non-hydrogen) atoms. The van der Waals surface area contributed by atoms with E-state index in [0.29, 0.717) is 24.7 Å². The molecule has 4 rings (SSSR count). The van der Waals surface area contributed by atoms with Gasteiger partial charge in [0.2, 0.25) is 5.91 Å². The largest absolute Gasteiger partial charge is 0.351 e. The number of amides is 1. The molecule has 8 heteroatoms. The Morgan fingerprint density at radius 3 is 2.88 bits per heavy atom. The molecule has 3 heterocycles. The zero-order valence-electron chi connectivity index (χ0n) is 14.1. The first-order valence-electron chi connectivity index (χ1n) is 8.49. The molecule has 0 radical (unpaired) electrons. The van der Waals surface area contributed by atoms with Gasteiger partial charge in [-0.3, -0.25) is 10.1 Å². The van der Waals surface area contributed by atoms with Crippen molar-refractivity contribution in [3.05, 3.63) is 53.4 Å². The third-order valence-electron chi connectivity index (χ3n) is 4.55. The van der Waals surface area contributed by atoms with Crippen molar-refractivity contribution < 1.29 is 4.79 Å². The van der Waals surface area contributed by atoms with Gasteiger partial charge in [0.1, 0.15) is 17.8 Å². The van der Waals surface area contributed by atoms with E-state index < -0.39 is 0 Å². The number of carbonyl (C=O) groups excluding carboxylic acids is 1. The number of nitrogens with zero attached hydrogens (tertiary/aromatic N) is 3. The van der Waals surface area contributed by atoms with Crippen LogP contribution in [0.25, 0.3) is 11.0 Å². The van der Waals surface area contributed by atoms with Crippen LogP contribution in [0.3, 0.4) is 0 Å². The van der Waals surface area contributed by atoms with Crippen LogP contribution in [-0.2, 0) is 11.3 Å². The number of anilines is 1. The highest BCUT2D eigenvalue weighted by Crippen LogP contribution is 2.23. The average molecular weight is 371 g/mol. The summed E-state index contributed by atoms with van der Waals surface area (Å²) in [4.78, 5) is 26.2. The number of aromatic nitrogens is 3. The van der Waals surface area contributed by atoms with Crippen molar-refractivity contribution >= 4 is 34.4 Å². The zero-order valence-corrected chi connectivity index (χ0v) is 14.8. The van der Waals surface area contributed by atoms with E-state index in [4.69, 9.17) is 11.6 Å². The highest BCUT2D eigenvalue weighted by Gasteiger charge is 2.25. The molecule has 7 nitrogen and oxygen atoms in total. The summed E-state index contributed by atoms with van der Waals surface area (Å²) in [6.45, 7) is 1.81. The topological polar surface area (TPSA) is 85.9 Å². The molecule has 3 aromatic rings. The Kier molecular flexibility index (Phi) is 4.73. The Hall–Kier alpha value is -2.64. The van der Waals surface area contributed by atoms with Crippen LogP contribution < -0.4 is 15.5 Å². The lowest BCUT2D eigenvalue weighted by atomic mass is 10.1. The molecule has 0 spiro atoms. The first kappa shape index (κ1) is 16.8. The van der Waals surface area contributed by atoms with Crippen molar-refractivity contribution in [2.24, 2.45) is 0 Å². The SMILES string of the molecule is O=C(NCc1ccc(Cl)cc1)C1CCN(c2ncnc3[nH]ccc23)CN1. The molecule has 1 fully saturated rings. The van der Waals surface area contributed by atoms with Gasteiger partial charge in [-0.25, -0.2) is 9.97 Å². The molecule has 0 bridgehead atoms. The van der Waals surface area contributed by atoms with E-state index in [1.807, 2.05) is 36.5 Å². The Balaban J connectivity index is 1.33. The summed E-state index contributed by atoms with van der Waals surface area (Å²) in [7, 11) is 0. The van der Waals surface area contributed by atoms with Crippen LogP contribution in [-0.4, -0.2) is 40.1 Å². The van der Waals surface area contributed by atoms with Gasteiger partial charge in [-0.05, 0) is 30.2 Å². The van der Waals surface area contributed by atoms with Gasteiger partial charge >= 0.3 is 0 Å². The normalized spacial score (nSPS) is 17.4. The van der Waals surface area contributed by atoms with Gasteiger partial charge in [0, 0.05) is 24.3 Å². The number of H-pyrrole nitrogens is 1. The quantitative estimate of drug-likeness (QED) is 0.654. The number of fused-ring (bicyclic) bond motifs is 1. The van der Waals surface area contributed by atoms with Gasteiger partial charge in [0.05, 0.1) is 18.1 Å². The van der Waals surface area contributed by atoms with Gasteiger partial charge in [0.15, 0.2) is 0 Å². The van der Waals surface area contributed by atoms with E-state index in [2.05, 4.69) is 30.5 Å². The number of aromatic amines is 1. The molecule has 1 unspecified atom stereocenters. The minimum atomic E-state index is -0.206. The van der Waals surface area contributed by atoms with Crippen LogP contribution in [0.4, 0.5) is 5.82 Å². The standard InChI is InChI=1S/C18H19ClN6O/c19-13-3-1-12(2-4-13)9-21-18(26)15-6-8-25(11-24-15)17-14-5-7-20-16(14)22-10-23-17/h1-5,7,10,15,24H,6,8-9,11H2,(H,21,26)(H,20,22,23). The number of nitrogens with one attached hydrogen (secondary N) is 3. The molecule has 1 aliphatic rings. The molecule has 1 aromatic carbocycles.